The van der Waals surface area contributed by atoms with Crippen LogP contribution in [0.25, 0.3) is 11.0 Å². The lowest BCUT2D eigenvalue weighted by atomic mass is 10.2. The topological polar surface area (TPSA) is 64.8 Å². The molecule has 0 radical (unpaired) electrons. The van der Waals surface area contributed by atoms with Crippen LogP contribution in [0.5, 0.6) is 0 Å². The zero-order valence-electron chi connectivity index (χ0n) is 9.09. The third-order valence-corrected chi connectivity index (χ3v) is 3.71. The van der Waals surface area contributed by atoms with Crippen molar-refractivity contribution in [2.45, 2.75) is 23.7 Å². The van der Waals surface area contributed by atoms with E-state index in [0.29, 0.717) is 17.0 Å². The Balaban J connectivity index is 2.30. The standard InChI is InChI=1S/C10H10FN3O2S/c1-14-10-8(9(13-14)6-2-3-6)4-7(5-12-10)17(11,15)16/h4-6H,2-3H2,1H3. The molecule has 0 unspecified atom stereocenters. The van der Waals surface area contributed by atoms with Crippen molar-refractivity contribution >= 4 is 21.3 Å². The molecular formula is C10H10FN3O2S. The molecule has 0 saturated heterocycles. The maximum atomic E-state index is 12.9. The summed E-state index contributed by atoms with van der Waals surface area (Å²) in [5, 5.41) is 4.94. The third-order valence-electron chi connectivity index (χ3n) is 2.93. The molecule has 3 rings (SSSR count). The van der Waals surface area contributed by atoms with E-state index < -0.39 is 15.1 Å². The van der Waals surface area contributed by atoms with Crippen LogP contribution in [0.4, 0.5) is 3.89 Å². The molecule has 2 heterocycles. The maximum absolute atomic E-state index is 12.9. The van der Waals surface area contributed by atoms with Crippen LogP contribution < -0.4 is 0 Å². The van der Waals surface area contributed by atoms with Gasteiger partial charge < -0.3 is 0 Å². The molecular weight excluding hydrogens is 245 g/mol. The smallest absolute Gasteiger partial charge is 0.250 e. The molecule has 0 N–H and O–H groups in total. The lowest BCUT2D eigenvalue weighted by Crippen LogP contribution is -1.95. The van der Waals surface area contributed by atoms with Crippen LogP contribution in [0.15, 0.2) is 17.2 Å². The number of aryl methyl sites for hydroxylation is 1. The zero-order chi connectivity index (χ0) is 12.2. The maximum Gasteiger partial charge on any atom is 0.333 e. The average Bonchev–Trinajstić information content (AvgIpc) is 3.03. The Morgan fingerprint density at radius 1 is 1.47 bits per heavy atom. The summed E-state index contributed by atoms with van der Waals surface area (Å²) < 4.78 is 36.2. The van der Waals surface area contributed by atoms with Crippen molar-refractivity contribution in [2.24, 2.45) is 7.05 Å². The predicted molar refractivity (Wildman–Crippen MR) is 58.8 cm³/mol. The molecule has 90 valence electrons. The number of hydrogen-bond acceptors (Lipinski definition) is 4. The normalized spacial score (nSPS) is 16.6. The van der Waals surface area contributed by atoms with Crippen molar-refractivity contribution in [2.75, 3.05) is 0 Å². The van der Waals surface area contributed by atoms with Crippen molar-refractivity contribution < 1.29 is 12.3 Å². The van der Waals surface area contributed by atoms with Crippen molar-refractivity contribution in [3.05, 3.63) is 18.0 Å². The molecule has 0 amide bonds. The van der Waals surface area contributed by atoms with Crippen molar-refractivity contribution in [3.63, 3.8) is 0 Å². The average molecular weight is 255 g/mol. The van der Waals surface area contributed by atoms with E-state index in [1.165, 1.54) is 6.07 Å². The first kappa shape index (κ1) is 10.6. The van der Waals surface area contributed by atoms with Gasteiger partial charge in [-0.1, -0.05) is 0 Å². The minimum atomic E-state index is -4.71. The van der Waals surface area contributed by atoms with Crippen molar-refractivity contribution in [1.82, 2.24) is 14.8 Å². The molecule has 5 nitrogen and oxygen atoms in total. The zero-order valence-corrected chi connectivity index (χ0v) is 9.91. The van der Waals surface area contributed by atoms with Gasteiger partial charge in [-0.25, -0.2) is 4.98 Å². The fourth-order valence-corrected chi connectivity index (χ4v) is 2.38. The first-order valence-electron chi connectivity index (χ1n) is 5.24. The van der Waals surface area contributed by atoms with Gasteiger partial charge in [-0.2, -0.15) is 13.5 Å². The molecule has 1 aliphatic carbocycles. The molecule has 0 aromatic carbocycles. The second kappa shape index (κ2) is 3.25. The minimum Gasteiger partial charge on any atom is -0.250 e. The van der Waals surface area contributed by atoms with Gasteiger partial charge >= 0.3 is 10.2 Å². The SMILES string of the molecule is Cn1nc(C2CC2)c2cc(S(=O)(=O)F)cnc21. The summed E-state index contributed by atoms with van der Waals surface area (Å²) in [6, 6.07) is 1.32. The summed E-state index contributed by atoms with van der Waals surface area (Å²) in [5.74, 6) is 0.359. The van der Waals surface area contributed by atoms with Gasteiger partial charge in [-0.05, 0) is 18.9 Å². The summed E-state index contributed by atoms with van der Waals surface area (Å²) in [5.41, 5.74) is 1.40. The van der Waals surface area contributed by atoms with Gasteiger partial charge in [0.15, 0.2) is 5.65 Å². The highest BCUT2D eigenvalue weighted by Gasteiger charge is 2.29. The molecule has 2 aromatic rings. The van der Waals surface area contributed by atoms with E-state index in [2.05, 4.69) is 10.1 Å². The fraction of sp³-hybridized carbons (Fsp3) is 0.400. The van der Waals surface area contributed by atoms with Crippen molar-refractivity contribution in [3.8, 4) is 0 Å². The Hall–Kier alpha value is -1.50. The van der Waals surface area contributed by atoms with E-state index in [1.54, 1.807) is 11.7 Å². The van der Waals surface area contributed by atoms with Crippen LogP contribution in [0.1, 0.15) is 24.5 Å². The highest BCUT2D eigenvalue weighted by atomic mass is 32.3. The molecule has 0 spiro atoms. The molecule has 17 heavy (non-hydrogen) atoms. The Labute approximate surface area is 97.5 Å². The number of nitrogens with zero attached hydrogens (tertiary/aromatic N) is 3. The van der Waals surface area contributed by atoms with Crippen LogP contribution in [-0.2, 0) is 17.3 Å². The highest BCUT2D eigenvalue weighted by molar-refractivity contribution is 7.86. The van der Waals surface area contributed by atoms with Crippen molar-refractivity contribution in [1.29, 1.82) is 0 Å². The van der Waals surface area contributed by atoms with Gasteiger partial charge in [0.05, 0.1) is 11.9 Å². The van der Waals surface area contributed by atoms with Gasteiger partial charge in [0.1, 0.15) is 4.90 Å². The summed E-state index contributed by atoms with van der Waals surface area (Å²) in [6.07, 6.45) is 3.10. The Bertz CT molecular complexity index is 704. The summed E-state index contributed by atoms with van der Waals surface area (Å²) >= 11 is 0. The fourth-order valence-electron chi connectivity index (χ4n) is 1.94. The molecule has 0 bridgehead atoms. The van der Waals surface area contributed by atoms with Crippen LogP contribution in [0, 0.1) is 0 Å². The van der Waals surface area contributed by atoms with Crippen LogP contribution in [0.3, 0.4) is 0 Å². The number of halogens is 1. The Morgan fingerprint density at radius 3 is 2.76 bits per heavy atom. The van der Waals surface area contributed by atoms with Gasteiger partial charge in [-0.15, -0.1) is 3.89 Å². The number of hydrogen-bond donors (Lipinski definition) is 0. The Kier molecular flexibility index (Phi) is 2.04. The lowest BCUT2D eigenvalue weighted by Gasteiger charge is -1.96. The minimum absolute atomic E-state index is 0.359. The molecule has 7 heteroatoms. The first-order chi connectivity index (χ1) is 7.97. The lowest BCUT2D eigenvalue weighted by molar-refractivity contribution is 0.552. The molecule has 0 atom stereocenters. The van der Waals surface area contributed by atoms with E-state index in [4.69, 9.17) is 0 Å². The Morgan fingerprint density at radius 2 is 2.18 bits per heavy atom. The van der Waals surface area contributed by atoms with Gasteiger partial charge in [0.2, 0.25) is 0 Å². The molecule has 1 fully saturated rings. The summed E-state index contributed by atoms with van der Waals surface area (Å²) in [6.45, 7) is 0. The van der Waals surface area contributed by atoms with E-state index in [-0.39, 0.29) is 0 Å². The van der Waals surface area contributed by atoms with Crippen LogP contribution >= 0.6 is 0 Å². The van der Waals surface area contributed by atoms with E-state index in [0.717, 1.165) is 24.7 Å². The predicted octanol–water partition coefficient (Wildman–Crippen LogP) is 1.50. The molecule has 0 aliphatic heterocycles. The van der Waals surface area contributed by atoms with Crippen LogP contribution in [-0.4, -0.2) is 23.2 Å². The summed E-state index contributed by atoms with van der Waals surface area (Å²) in [7, 11) is -2.97. The second-order valence-corrected chi connectivity index (χ2v) is 5.61. The van der Waals surface area contributed by atoms with E-state index in [9.17, 15) is 12.3 Å². The number of pyridine rings is 1. The summed E-state index contributed by atoms with van der Waals surface area (Å²) in [4.78, 5) is 3.56. The molecule has 1 aliphatic rings. The first-order valence-corrected chi connectivity index (χ1v) is 6.62. The second-order valence-electron chi connectivity index (χ2n) is 4.26. The van der Waals surface area contributed by atoms with Gasteiger partial charge in [0.25, 0.3) is 0 Å². The number of fused-ring (bicyclic) bond motifs is 1. The monoisotopic (exact) mass is 255 g/mol. The number of rotatable bonds is 2. The quantitative estimate of drug-likeness (QED) is 0.763. The molecule has 2 aromatic heterocycles. The van der Waals surface area contributed by atoms with E-state index in [1.807, 2.05) is 0 Å². The number of aromatic nitrogens is 3. The van der Waals surface area contributed by atoms with Gasteiger partial charge in [-0.3, -0.25) is 4.68 Å². The van der Waals surface area contributed by atoms with Gasteiger partial charge in [0, 0.05) is 18.4 Å². The highest BCUT2D eigenvalue weighted by Crippen LogP contribution is 2.42. The largest absolute Gasteiger partial charge is 0.333 e. The van der Waals surface area contributed by atoms with E-state index >= 15 is 0 Å². The molecule has 1 saturated carbocycles. The van der Waals surface area contributed by atoms with Crippen LogP contribution in [0.2, 0.25) is 0 Å². The third kappa shape index (κ3) is 1.70.